The van der Waals surface area contributed by atoms with Crippen molar-refractivity contribution in [2.24, 2.45) is 5.10 Å². The number of benzene rings is 2. The minimum atomic E-state index is -4.58. The van der Waals surface area contributed by atoms with Crippen LogP contribution in [0.1, 0.15) is 22.5 Å². The van der Waals surface area contributed by atoms with E-state index < -0.39 is 23.6 Å². The van der Waals surface area contributed by atoms with Crippen molar-refractivity contribution in [3.63, 3.8) is 0 Å². The van der Waals surface area contributed by atoms with Crippen LogP contribution >= 0.6 is 0 Å². The molecule has 0 atom stereocenters. The van der Waals surface area contributed by atoms with Crippen LogP contribution in [0.5, 0.6) is 0 Å². The standard InChI is InChI=1S/C22H18F4N4O2/c1-13-10-15(14(2)30(13)19-8-6-17(23)7-9-19)12-27-29-21(32)20(31)28-18-5-3-4-16(11-18)22(24,25)26/h3-12H,1-2H3,(H,28,31)(H,29,32)/b27-12-. The predicted molar refractivity (Wildman–Crippen MR) is 111 cm³/mol. The molecule has 166 valence electrons. The zero-order chi connectivity index (χ0) is 23.5. The fourth-order valence-electron chi connectivity index (χ4n) is 3.08. The molecule has 2 N–H and O–H groups in total. The molecule has 1 heterocycles. The van der Waals surface area contributed by atoms with Gasteiger partial charge in [-0.15, -0.1) is 0 Å². The van der Waals surface area contributed by atoms with Gasteiger partial charge in [-0.3, -0.25) is 9.59 Å². The maximum Gasteiger partial charge on any atom is 0.416 e. The number of amides is 2. The molecule has 0 bridgehead atoms. The van der Waals surface area contributed by atoms with Gasteiger partial charge in [0.05, 0.1) is 11.8 Å². The molecule has 32 heavy (non-hydrogen) atoms. The van der Waals surface area contributed by atoms with E-state index in [0.29, 0.717) is 5.56 Å². The Bertz CT molecular complexity index is 1180. The quantitative estimate of drug-likeness (QED) is 0.271. The lowest BCUT2D eigenvalue weighted by molar-refractivity contribution is -0.137. The molecule has 3 rings (SSSR count). The Hall–Kier alpha value is -3.95. The number of hydrogen-bond donors (Lipinski definition) is 2. The molecule has 2 aromatic carbocycles. The highest BCUT2D eigenvalue weighted by Crippen LogP contribution is 2.30. The lowest BCUT2D eigenvalue weighted by atomic mass is 10.2. The van der Waals surface area contributed by atoms with Gasteiger partial charge in [-0.1, -0.05) is 6.07 Å². The lowest BCUT2D eigenvalue weighted by Gasteiger charge is -2.09. The van der Waals surface area contributed by atoms with Crippen molar-refractivity contribution in [2.45, 2.75) is 20.0 Å². The number of halogens is 4. The Labute approximate surface area is 180 Å². The SMILES string of the molecule is Cc1cc(/C=N\NC(=O)C(=O)Nc2cccc(C(F)(F)F)c2)c(C)n1-c1ccc(F)cc1. The molecule has 10 heteroatoms. The number of aromatic nitrogens is 1. The minimum absolute atomic E-state index is 0.174. The summed E-state index contributed by atoms with van der Waals surface area (Å²) in [7, 11) is 0. The Kier molecular flexibility index (Phi) is 6.42. The van der Waals surface area contributed by atoms with Crippen LogP contribution in [0.15, 0.2) is 59.7 Å². The van der Waals surface area contributed by atoms with Crippen LogP contribution in [0.4, 0.5) is 23.2 Å². The third kappa shape index (κ3) is 5.20. The highest BCUT2D eigenvalue weighted by molar-refractivity contribution is 6.39. The molecule has 0 aliphatic heterocycles. The number of alkyl halides is 3. The van der Waals surface area contributed by atoms with Gasteiger partial charge < -0.3 is 9.88 Å². The summed E-state index contributed by atoms with van der Waals surface area (Å²) in [5.41, 5.74) is 3.90. The fraction of sp³-hybridized carbons (Fsp3) is 0.136. The van der Waals surface area contributed by atoms with Gasteiger partial charge in [0.1, 0.15) is 5.82 Å². The van der Waals surface area contributed by atoms with Crippen LogP contribution in [0.2, 0.25) is 0 Å². The summed E-state index contributed by atoms with van der Waals surface area (Å²) in [5.74, 6) is -2.67. The van der Waals surface area contributed by atoms with Gasteiger partial charge in [0.15, 0.2) is 0 Å². The van der Waals surface area contributed by atoms with E-state index >= 15 is 0 Å². The molecule has 0 aliphatic carbocycles. The van der Waals surface area contributed by atoms with E-state index in [1.54, 1.807) is 25.1 Å². The second-order valence-corrected chi connectivity index (χ2v) is 6.87. The molecule has 0 spiro atoms. The third-order valence-electron chi connectivity index (χ3n) is 4.58. The van der Waals surface area contributed by atoms with Crippen molar-refractivity contribution in [2.75, 3.05) is 5.32 Å². The van der Waals surface area contributed by atoms with Gasteiger partial charge >= 0.3 is 18.0 Å². The second kappa shape index (κ2) is 9.04. The Balaban J connectivity index is 1.66. The molecule has 2 amide bonds. The number of rotatable bonds is 4. The summed E-state index contributed by atoms with van der Waals surface area (Å²) in [6.45, 7) is 3.65. The van der Waals surface area contributed by atoms with Crippen LogP contribution in [-0.4, -0.2) is 22.6 Å². The molecule has 0 saturated carbocycles. The van der Waals surface area contributed by atoms with E-state index in [4.69, 9.17) is 0 Å². The highest BCUT2D eigenvalue weighted by Gasteiger charge is 2.30. The van der Waals surface area contributed by atoms with E-state index in [1.165, 1.54) is 24.4 Å². The normalized spacial score (nSPS) is 11.6. The first-order valence-corrected chi connectivity index (χ1v) is 9.33. The summed E-state index contributed by atoms with van der Waals surface area (Å²) >= 11 is 0. The van der Waals surface area contributed by atoms with Crippen LogP contribution in [0.3, 0.4) is 0 Å². The van der Waals surface area contributed by atoms with Gasteiger partial charge in [0, 0.05) is 28.3 Å². The van der Waals surface area contributed by atoms with Crippen molar-refractivity contribution < 1.29 is 27.2 Å². The Morgan fingerprint density at radius 1 is 1.00 bits per heavy atom. The number of carbonyl (C=O) groups is 2. The van der Waals surface area contributed by atoms with E-state index in [-0.39, 0.29) is 11.5 Å². The highest BCUT2D eigenvalue weighted by atomic mass is 19.4. The molecule has 3 aromatic rings. The van der Waals surface area contributed by atoms with Crippen LogP contribution in [0.25, 0.3) is 5.69 Å². The molecule has 0 unspecified atom stereocenters. The van der Waals surface area contributed by atoms with E-state index in [9.17, 15) is 27.2 Å². The van der Waals surface area contributed by atoms with Crippen molar-refractivity contribution in [1.29, 1.82) is 0 Å². The van der Waals surface area contributed by atoms with Crippen molar-refractivity contribution >= 4 is 23.7 Å². The van der Waals surface area contributed by atoms with Crippen LogP contribution in [-0.2, 0) is 15.8 Å². The molecule has 1 aromatic heterocycles. The van der Waals surface area contributed by atoms with Crippen molar-refractivity contribution in [1.82, 2.24) is 9.99 Å². The molecule has 0 fully saturated rings. The van der Waals surface area contributed by atoms with Gasteiger partial charge in [-0.05, 0) is 62.4 Å². The Morgan fingerprint density at radius 2 is 1.69 bits per heavy atom. The minimum Gasteiger partial charge on any atom is -0.318 e. The Morgan fingerprint density at radius 3 is 2.34 bits per heavy atom. The summed E-state index contributed by atoms with van der Waals surface area (Å²) in [6, 6.07) is 11.6. The maximum absolute atomic E-state index is 13.2. The predicted octanol–water partition coefficient (Wildman–Crippen LogP) is 4.34. The number of anilines is 1. The lowest BCUT2D eigenvalue weighted by Crippen LogP contribution is -2.32. The summed E-state index contributed by atoms with van der Waals surface area (Å²) in [4.78, 5) is 23.9. The molecule has 0 radical (unpaired) electrons. The average Bonchev–Trinajstić information content (AvgIpc) is 3.01. The first kappa shape index (κ1) is 22.7. The fourth-order valence-corrected chi connectivity index (χ4v) is 3.08. The average molecular weight is 446 g/mol. The molecular formula is C22H18F4N4O2. The number of hydrogen-bond acceptors (Lipinski definition) is 3. The largest absolute Gasteiger partial charge is 0.416 e. The summed E-state index contributed by atoms with van der Waals surface area (Å²) in [5, 5.41) is 5.84. The number of nitrogens with one attached hydrogen (secondary N) is 2. The molecule has 0 saturated heterocycles. The number of aryl methyl sites for hydroxylation is 1. The van der Waals surface area contributed by atoms with Crippen molar-refractivity contribution in [3.8, 4) is 5.69 Å². The first-order valence-electron chi connectivity index (χ1n) is 9.33. The smallest absolute Gasteiger partial charge is 0.318 e. The van der Waals surface area contributed by atoms with Crippen molar-refractivity contribution in [3.05, 3.63) is 82.9 Å². The first-order chi connectivity index (χ1) is 15.1. The monoisotopic (exact) mass is 446 g/mol. The third-order valence-corrected chi connectivity index (χ3v) is 4.58. The molecule has 6 nitrogen and oxygen atoms in total. The van der Waals surface area contributed by atoms with Gasteiger partial charge in [0.2, 0.25) is 0 Å². The zero-order valence-corrected chi connectivity index (χ0v) is 17.0. The number of carbonyl (C=O) groups excluding carboxylic acids is 2. The summed E-state index contributed by atoms with van der Waals surface area (Å²) in [6.07, 6.45) is -3.24. The maximum atomic E-state index is 13.2. The van der Waals surface area contributed by atoms with E-state index in [2.05, 4.69) is 10.4 Å². The summed E-state index contributed by atoms with van der Waals surface area (Å²) < 4.78 is 53.3. The second-order valence-electron chi connectivity index (χ2n) is 6.87. The van der Waals surface area contributed by atoms with Gasteiger partial charge in [-0.2, -0.15) is 18.3 Å². The number of hydrazone groups is 1. The molecule has 0 aliphatic rings. The number of nitrogens with zero attached hydrogens (tertiary/aromatic N) is 2. The zero-order valence-electron chi connectivity index (χ0n) is 17.0. The van der Waals surface area contributed by atoms with E-state index in [1.807, 2.05) is 16.9 Å². The van der Waals surface area contributed by atoms with Crippen LogP contribution < -0.4 is 10.7 Å². The van der Waals surface area contributed by atoms with Crippen LogP contribution in [0, 0.1) is 19.7 Å². The molecular weight excluding hydrogens is 428 g/mol. The van der Waals surface area contributed by atoms with Gasteiger partial charge in [-0.25, -0.2) is 9.82 Å². The van der Waals surface area contributed by atoms with Gasteiger partial charge in [0.25, 0.3) is 0 Å². The van der Waals surface area contributed by atoms with E-state index in [0.717, 1.165) is 35.3 Å². The topological polar surface area (TPSA) is 75.5 Å².